The molecule has 1 amide bonds. The van der Waals surface area contributed by atoms with E-state index in [0.717, 1.165) is 15.6 Å². The van der Waals surface area contributed by atoms with Gasteiger partial charge >= 0.3 is 0 Å². The van der Waals surface area contributed by atoms with Crippen molar-refractivity contribution in [2.45, 2.75) is 26.3 Å². The van der Waals surface area contributed by atoms with Crippen molar-refractivity contribution in [2.75, 3.05) is 0 Å². The fourth-order valence-electron chi connectivity index (χ4n) is 1.68. The third-order valence-electron chi connectivity index (χ3n) is 2.66. The van der Waals surface area contributed by atoms with E-state index >= 15 is 0 Å². The van der Waals surface area contributed by atoms with Gasteiger partial charge in [-0.3, -0.25) is 4.79 Å². The predicted octanol–water partition coefficient (Wildman–Crippen LogP) is 3.17. The van der Waals surface area contributed by atoms with Gasteiger partial charge in [0.1, 0.15) is 15.8 Å². The second kappa shape index (κ2) is 6.41. The molecule has 0 fully saturated rings. The van der Waals surface area contributed by atoms with Crippen LogP contribution in [0.15, 0.2) is 22.7 Å². The monoisotopic (exact) mass is 357 g/mol. The highest BCUT2D eigenvalue weighted by molar-refractivity contribution is 9.10. The Hall–Kier alpha value is -1.34. The predicted molar refractivity (Wildman–Crippen MR) is 79.0 cm³/mol. The maximum atomic E-state index is 13.0. The van der Waals surface area contributed by atoms with Crippen LogP contribution in [0.5, 0.6) is 0 Å². The Morgan fingerprint density at radius 3 is 2.85 bits per heavy atom. The number of carbonyl (C=O) groups excluding carboxylic acids is 1. The molecule has 1 heterocycles. The molecule has 0 aliphatic heterocycles. The van der Waals surface area contributed by atoms with Crippen molar-refractivity contribution in [2.24, 2.45) is 0 Å². The summed E-state index contributed by atoms with van der Waals surface area (Å²) in [7, 11) is 0. The summed E-state index contributed by atoms with van der Waals surface area (Å²) in [4.78, 5) is 12.0. The number of rotatable bonds is 4. The lowest BCUT2D eigenvalue weighted by atomic mass is 10.1. The average molecular weight is 358 g/mol. The van der Waals surface area contributed by atoms with Crippen LogP contribution in [0.1, 0.15) is 28.5 Å². The summed E-state index contributed by atoms with van der Waals surface area (Å²) >= 11 is 4.70. The SMILES string of the molecule is Cc1nnc(C(C)NC(=O)Cc2ccc(F)cc2Br)s1. The van der Waals surface area contributed by atoms with E-state index in [2.05, 4.69) is 31.4 Å². The molecular weight excluding hydrogens is 345 g/mol. The third kappa shape index (κ3) is 3.83. The first-order chi connectivity index (χ1) is 9.45. The molecule has 106 valence electrons. The maximum absolute atomic E-state index is 13.0. The number of aryl methyl sites for hydroxylation is 1. The Bertz CT molecular complexity index is 632. The van der Waals surface area contributed by atoms with Crippen molar-refractivity contribution < 1.29 is 9.18 Å². The minimum Gasteiger partial charge on any atom is -0.347 e. The van der Waals surface area contributed by atoms with Crippen LogP contribution in [0.25, 0.3) is 0 Å². The summed E-state index contributed by atoms with van der Waals surface area (Å²) in [5.74, 6) is -0.476. The lowest BCUT2D eigenvalue weighted by Crippen LogP contribution is -2.28. The molecule has 0 spiro atoms. The number of hydrogen-bond donors (Lipinski definition) is 1. The number of nitrogens with zero attached hydrogens (tertiary/aromatic N) is 2. The highest BCUT2D eigenvalue weighted by Gasteiger charge is 2.15. The van der Waals surface area contributed by atoms with Crippen LogP contribution < -0.4 is 5.32 Å². The molecule has 0 saturated heterocycles. The number of nitrogens with one attached hydrogen (secondary N) is 1. The lowest BCUT2D eigenvalue weighted by molar-refractivity contribution is -0.121. The smallest absolute Gasteiger partial charge is 0.225 e. The van der Waals surface area contributed by atoms with E-state index in [1.807, 2.05) is 13.8 Å². The second-order valence-corrected chi connectivity index (χ2v) is 6.43. The standard InChI is InChI=1S/C13H13BrFN3OS/c1-7(13-18-17-8(2)20-13)16-12(19)5-9-3-4-10(15)6-11(9)14/h3-4,6-7H,5H2,1-2H3,(H,16,19). The van der Waals surface area contributed by atoms with E-state index in [0.29, 0.717) is 4.47 Å². The molecule has 0 bridgehead atoms. The van der Waals surface area contributed by atoms with E-state index in [1.54, 1.807) is 6.07 Å². The number of hydrogen-bond acceptors (Lipinski definition) is 4. The van der Waals surface area contributed by atoms with E-state index in [9.17, 15) is 9.18 Å². The number of amides is 1. The van der Waals surface area contributed by atoms with Gasteiger partial charge in [0.2, 0.25) is 5.91 Å². The first kappa shape index (κ1) is 15.1. The summed E-state index contributed by atoms with van der Waals surface area (Å²) in [6.45, 7) is 3.73. The Balaban J connectivity index is 1.98. The molecular formula is C13H13BrFN3OS. The van der Waals surface area contributed by atoms with Crippen LogP contribution in [0.4, 0.5) is 4.39 Å². The van der Waals surface area contributed by atoms with E-state index in [-0.39, 0.29) is 24.2 Å². The third-order valence-corrected chi connectivity index (χ3v) is 4.42. The van der Waals surface area contributed by atoms with Crippen LogP contribution in [0.2, 0.25) is 0 Å². The van der Waals surface area contributed by atoms with Gasteiger partial charge in [-0.15, -0.1) is 10.2 Å². The van der Waals surface area contributed by atoms with Crippen LogP contribution >= 0.6 is 27.3 Å². The number of halogens is 2. The second-order valence-electron chi connectivity index (χ2n) is 4.36. The topological polar surface area (TPSA) is 54.9 Å². The largest absolute Gasteiger partial charge is 0.347 e. The zero-order valence-corrected chi connectivity index (χ0v) is 13.4. The van der Waals surface area contributed by atoms with Gasteiger partial charge in [0.15, 0.2) is 0 Å². The first-order valence-corrected chi connectivity index (χ1v) is 7.60. The highest BCUT2D eigenvalue weighted by Crippen LogP contribution is 2.20. The molecule has 1 aromatic heterocycles. The van der Waals surface area contributed by atoms with Crippen molar-refractivity contribution in [3.05, 3.63) is 44.1 Å². The van der Waals surface area contributed by atoms with Crippen LogP contribution in [-0.2, 0) is 11.2 Å². The molecule has 0 aliphatic rings. The van der Waals surface area contributed by atoms with Gasteiger partial charge in [-0.25, -0.2) is 4.39 Å². The zero-order chi connectivity index (χ0) is 14.7. The maximum Gasteiger partial charge on any atom is 0.225 e. The van der Waals surface area contributed by atoms with Crippen molar-refractivity contribution >= 4 is 33.2 Å². The average Bonchev–Trinajstić information content (AvgIpc) is 2.79. The van der Waals surface area contributed by atoms with E-state index < -0.39 is 0 Å². The van der Waals surface area contributed by atoms with Gasteiger partial charge in [0.25, 0.3) is 0 Å². The van der Waals surface area contributed by atoms with Crippen LogP contribution in [0.3, 0.4) is 0 Å². The van der Waals surface area contributed by atoms with Gasteiger partial charge in [0.05, 0.1) is 12.5 Å². The highest BCUT2D eigenvalue weighted by atomic mass is 79.9. The van der Waals surface area contributed by atoms with Crippen molar-refractivity contribution in [3.63, 3.8) is 0 Å². The number of benzene rings is 1. The number of carbonyl (C=O) groups is 1. The molecule has 0 saturated carbocycles. The molecule has 2 rings (SSSR count). The van der Waals surface area contributed by atoms with Gasteiger partial charge in [-0.1, -0.05) is 33.3 Å². The molecule has 1 aromatic carbocycles. The Kier molecular flexibility index (Phi) is 4.82. The first-order valence-electron chi connectivity index (χ1n) is 5.99. The van der Waals surface area contributed by atoms with Crippen molar-refractivity contribution in [3.8, 4) is 0 Å². The Morgan fingerprint density at radius 2 is 2.25 bits per heavy atom. The van der Waals surface area contributed by atoms with Gasteiger partial charge in [0, 0.05) is 4.47 Å². The minimum absolute atomic E-state index is 0.141. The van der Waals surface area contributed by atoms with E-state index in [1.165, 1.54) is 23.5 Å². The summed E-state index contributed by atoms with van der Waals surface area (Å²) in [6, 6.07) is 4.09. The molecule has 1 N–H and O–H groups in total. The van der Waals surface area contributed by atoms with Crippen molar-refractivity contribution in [1.82, 2.24) is 15.5 Å². The fraction of sp³-hybridized carbons (Fsp3) is 0.308. The van der Waals surface area contributed by atoms with Crippen molar-refractivity contribution in [1.29, 1.82) is 0 Å². The van der Waals surface area contributed by atoms with Crippen LogP contribution in [-0.4, -0.2) is 16.1 Å². The Morgan fingerprint density at radius 1 is 1.50 bits per heavy atom. The molecule has 1 unspecified atom stereocenters. The summed E-state index contributed by atoms with van der Waals surface area (Å²) in [6.07, 6.45) is 0.184. The molecule has 0 aliphatic carbocycles. The summed E-state index contributed by atoms with van der Waals surface area (Å²) in [5, 5.41) is 12.4. The fourth-order valence-corrected chi connectivity index (χ4v) is 2.87. The molecule has 20 heavy (non-hydrogen) atoms. The number of aromatic nitrogens is 2. The van der Waals surface area contributed by atoms with Gasteiger partial charge in [-0.05, 0) is 31.5 Å². The van der Waals surface area contributed by atoms with Crippen LogP contribution in [0, 0.1) is 12.7 Å². The molecule has 7 heteroatoms. The van der Waals surface area contributed by atoms with Gasteiger partial charge in [-0.2, -0.15) is 0 Å². The molecule has 1 atom stereocenters. The quantitative estimate of drug-likeness (QED) is 0.914. The Labute approximate surface area is 128 Å². The molecule has 4 nitrogen and oxygen atoms in total. The molecule has 2 aromatic rings. The zero-order valence-electron chi connectivity index (χ0n) is 11.0. The van der Waals surface area contributed by atoms with Gasteiger partial charge < -0.3 is 5.32 Å². The summed E-state index contributed by atoms with van der Waals surface area (Å²) < 4.78 is 13.6. The molecule has 0 radical (unpaired) electrons. The minimum atomic E-state index is -0.335. The summed E-state index contributed by atoms with van der Waals surface area (Å²) in [5.41, 5.74) is 0.740. The lowest BCUT2D eigenvalue weighted by Gasteiger charge is -2.11. The normalized spacial score (nSPS) is 12.2. The van der Waals surface area contributed by atoms with E-state index in [4.69, 9.17) is 0 Å².